The van der Waals surface area contributed by atoms with Gasteiger partial charge in [-0.1, -0.05) is 25.0 Å². The number of amides is 1. The topological polar surface area (TPSA) is 46.9 Å². The average molecular weight is 372 g/mol. The molecular formula is C19H21N3OS2. The van der Waals surface area contributed by atoms with Gasteiger partial charge in [0.1, 0.15) is 5.69 Å². The smallest absolute Gasteiger partial charge is 0.231 e. The summed E-state index contributed by atoms with van der Waals surface area (Å²) in [7, 11) is 0. The van der Waals surface area contributed by atoms with E-state index in [1.807, 2.05) is 29.1 Å². The fourth-order valence-electron chi connectivity index (χ4n) is 3.61. The van der Waals surface area contributed by atoms with Crippen molar-refractivity contribution < 1.29 is 4.79 Å². The van der Waals surface area contributed by atoms with Crippen LogP contribution in [0, 0.1) is 0 Å². The minimum Gasteiger partial charge on any atom is -0.353 e. The van der Waals surface area contributed by atoms with Crippen LogP contribution in [-0.2, 0) is 16.8 Å². The second kappa shape index (κ2) is 7.14. The summed E-state index contributed by atoms with van der Waals surface area (Å²) in [6.45, 7) is 1.30. The Labute approximate surface area is 155 Å². The summed E-state index contributed by atoms with van der Waals surface area (Å²) in [5.74, 6) is 0.179. The van der Waals surface area contributed by atoms with Crippen LogP contribution in [0.15, 0.2) is 47.3 Å². The molecule has 130 valence electrons. The summed E-state index contributed by atoms with van der Waals surface area (Å²) in [5, 5.41) is 11.9. The molecule has 1 amide bonds. The summed E-state index contributed by atoms with van der Waals surface area (Å²) in [5.41, 5.74) is 0.688. The van der Waals surface area contributed by atoms with Gasteiger partial charge in [0, 0.05) is 17.6 Å². The third kappa shape index (κ3) is 3.28. The normalized spacial score (nSPS) is 16.2. The molecule has 0 atom stereocenters. The number of carbonyl (C=O) groups is 1. The van der Waals surface area contributed by atoms with Gasteiger partial charge in [-0.2, -0.15) is 5.10 Å². The lowest BCUT2D eigenvalue weighted by Gasteiger charge is -2.26. The molecule has 0 bridgehead atoms. The minimum atomic E-state index is -0.305. The Kier molecular flexibility index (Phi) is 4.72. The van der Waals surface area contributed by atoms with Crippen molar-refractivity contribution in [3.05, 3.63) is 52.2 Å². The molecule has 0 saturated heterocycles. The summed E-state index contributed by atoms with van der Waals surface area (Å²) >= 11 is 3.39. The molecule has 0 aromatic carbocycles. The van der Waals surface area contributed by atoms with Crippen LogP contribution in [0.1, 0.15) is 30.6 Å². The zero-order valence-corrected chi connectivity index (χ0v) is 15.6. The molecule has 6 heteroatoms. The van der Waals surface area contributed by atoms with Crippen LogP contribution in [0.4, 0.5) is 0 Å². The number of nitrogens with one attached hydrogen (secondary N) is 1. The maximum atomic E-state index is 12.9. The fraction of sp³-hybridized carbons (Fsp3) is 0.368. The highest BCUT2D eigenvalue weighted by atomic mass is 32.1. The Balaban J connectivity index is 1.37. The van der Waals surface area contributed by atoms with Crippen molar-refractivity contribution in [2.75, 3.05) is 6.54 Å². The summed E-state index contributed by atoms with van der Waals surface area (Å²) in [6, 6.07) is 10.3. The van der Waals surface area contributed by atoms with E-state index in [2.05, 4.69) is 33.3 Å². The minimum absolute atomic E-state index is 0.179. The number of thiophene rings is 2. The van der Waals surface area contributed by atoms with E-state index < -0.39 is 0 Å². The first-order valence-corrected chi connectivity index (χ1v) is 10.4. The lowest BCUT2D eigenvalue weighted by atomic mass is 9.83. The van der Waals surface area contributed by atoms with E-state index >= 15 is 0 Å². The molecule has 1 aliphatic carbocycles. The Bertz CT molecular complexity index is 815. The third-order valence-corrected chi connectivity index (χ3v) is 6.89. The number of rotatable bonds is 6. The number of hydrogen-bond acceptors (Lipinski definition) is 4. The molecule has 0 aliphatic heterocycles. The molecule has 0 spiro atoms. The van der Waals surface area contributed by atoms with Gasteiger partial charge in [0.05, 0.1) is 16.8 Å². The summed E-state index contributed by atoms with van der Waals surface area (Å²) < 4.78 is 1.90. The second-order valence-electron chi connectivity index (χ2n) is 6.46. The van der Waals surface area contributed by atoms with Gasteiger partial charge < -0.3 is 5.32 Å². The Morgan fingerprint density at radius 2 is 1.96 bits per heavy atom. The molecule has 4 nitrogen and oxygen atoms in total. The number of carbonyl (C=O) groups excluding carboxylic acids is 1. The summed E-state index contributed by atoms with van der Waals surface area (Å²) in [4.78, 5) is 15.3. The monoisotopic (exact) mass is 371 g/mol. The van der Waals surface area contributed by atoms with Crippen molar-refractivity contribution in [2.45, 2.75) is 37.6 Å². The zero-order valence-electron chi connectivity index (χ0n) is 14.0. The van der Waals surface area contributed by atoms with Gasteiger partial charge in [-0.25, -0.2) is 0 Å². The number of aromatic nitrogens is 2. The van der Waals surface area contributed by atoms with E-state index in [9.17, 15) is 4.79 Å². The Morgan fingerprint density at radius 1 is 1.16 bits per heavy atom. The highest BCUT2D eigenvalue weighted by Gasteiger charge is 2.43. The van der Waals surface area contributed by atoms with Crippen molar-refractivity contribution >= 4 is 28.6 Å². The van der Waals surface area contributed by atoms with Crippen molar-refractivity contribution in [2.24, 2.45) is 0 Å². The predicted molar refractivity (Wildman–Crippen MR) is 103 cm³/mol. The first kappa shape index (κ1) is 16.5. The van der Waals surface area contributed by atoms with Gasteiger partial charge >= 0.3 is 0 Å². The van der Waals surface area contributed by atoms with E-state index in [1.165, 1.54) is 9.75 Å². The number of hydrogen-bond donors (Lipinski definition) is 1. The van der Waals surface area contributed by atoms with Crippen molar-refractivity contribution in [3.8, 4) is 10.6 Å². The lowest BCUT2D eigenvalue weighted by molar-refractivity contribution is -0.126. The van der Waals surface area contributed by atoms with Crippen molar-refractivity contribution in [3.63, 3.8) is 0 Å². The maximum Gasteiger partial charge on any atom is 0.231 e. The molecule has 0 radical (unpaired) electrons. The summed E-state index contributed by atoms with van der Waals surface area (Å²) in [6.07, 6.45) is 6.17. The quantitative estimate of drug-likeness (QED) is 0.702. The fourth-order valence-corrected chi connectivity index (χ4v) is 5.28. The van der Waals surface area contributed by atoms with Crippen LogP contribution in [0.25, 0.3) is 10.6 Å². The van der Waals surface area contributed by atoms with Gasteiger partial charge in [0.25, 0.3) is 0 Å². The molecule has 3 heterocycles. The second-order valence-corrected chi connectivity index (χ2v) is 8.36. The molecule has 3 aromatic rings. The van der Waals surface area contributed by atoms with Crippen molar-refractivity contribution in [1.29, 1.82) is 0 Å². The van der Waals surface area contributed by atoms with Crippen LogP contribution >= 0.6 is 22.7 Å². The van der Waals surface area contributed by atoms with Crippen LogP contribution in [-0.4, -0.2) is 22.2 Å². The zero-order chi connectivity index (χ0) is 17.1. The average Bonchev–Trinajstić information content (AvgIpc) is 3.43. The molecule has 1 fully saturated rings. The first-order chi connectivity index (χ1) is 12.3. The largest absolute Gasteiger partial charge is 0.353 e. The Morgan fingerprint density at radius 3 is 2.68 bits per heavy atom. The van der Waals surface area contributed by atoms with Crippen LogP contribution < -0.4 is 5.32 Å². The van der Waals surface area contributed by atoms with E-state index in [1.54, 1.807) is 22.7 Å². The van der Waals surface area contributed by atoms with Gasteiger partial charge in [-0.05, 0) is 41.8 Å². The highest BCUT2D eigenvalue weighted by Crippen LogP contribution is 2.43. The lowest BCUT2D eigenvalue weighted by Crippen LogP contribution is -2.43. The van der Waals surface area contributed by atoms with Gasteiger partial charge in [0.15, 0.2) is 0 Å². The molecule has 1 aliphatic rings. The maximum absolute atomic E-state index is 12.9. The molecule has 1 saturated carbocycles. The van der Waals surface area contributed by atoms with E-state index in [4.69, 9.17) is 0 Å². The molecule has 4 rings (SSSR count). The molecule has 3 aromatic heterocycles. The number of nitrogens with zero attached hydrogens (tertiary/aromatic N) is 2. The van der Waals surface area contributed by atoms with Gasteiger partial charge in [-0.3, -0.25) is 9.48 Å². The highest BCUT2D eigenvalue weighted by molar-refractivity contribution is 7.13. The van der Waals surface area contributed by atoms with E-state index in [-0.39, 0.29) is 11.3 Å². The standard InChI is InChI=1S/C19H21N3OS2/c23-18(19(8-1-2-9-19)17-6-4-14-25-17)20-10-12-22-11-7-15(21-22)16-5-3-13-24-16/h3-7,11,13-14H,1-2,8-10,12H2,(H,20,23). The molecule has 25 heavy (non-hydrogen) atoms. The molecule has 0 unspecified atom stereocenters. The Hall–Kier alpha value is -1.92. The van der Waals surface area contributed by atoms with E-state index in [0.717, 1.165) is 31.4 Å². The van der Waals surface area contributed by atoms with E-state index in [0.29, 0.717) is 13.1 Å². The predicted octanol–water partition coefficient (Wildman–Crippen LogP) is 4.30. The van der Waals surface area contributed by atoms with Crippen LogP contribution in [0.5, 0.6) is 0 Å². The van der Waals surface area contributed by atoms with Gasteiger partial charge in [-0.15, -0.1) is 22.7 Å². The van der Waals surface area contributed by atoms with Gasteiger partial charge in [0.2, 0.25) is 5.91 Å². The van der Waals surface area contributed by atoms with Crippen LogP contribution in [0.2, 0.25) is 0 Å². The first-order valence-electron chi connectivity index (χ1n) is 8.68. The van der Waals surface area contributed by atoms with Crippen molar-refractivity contribution in [1.82, 2.24) is 15.1 Å². The molecule has 1 N–H and O–H groups in total. The SMILES string of the molecule is O=C(NCCn1ccc(-c2cccs2)n1)C1(c2cccs2)CCCC1. The molecular weight excluding hydrogens is 350 g/mol. The third-order valence-electron chi connectivity index (χ3n) is 4.93. The van der Waals surface area contributed by atoms with Crippen LogP contribution in [0.3, 0.4) is 0 Å².